The molecule has 4 bridgehead atoms. The van der Waals surface area contributed by atoms with Crippen molar-refractivity contribution in [2.75, 3.05) is 13.2 Å². The summed E-state index contributed by atoms with van der Waals surface area (Å²) in [5, 5.41) is 10.6. The minimum absolute atomic E-state index is 0.247. The zero-order valence-electron chi connectivity index (χ0n) is 17.6. The third-order valence-corrected chi connectivity index (χ3v) is 8.63. The molecular weight excluding hydrogens is 416 g/mol. The Hall–Kier alpha value is -1.57. The van der Waals surface area contributed by atoms with Gasteiger partial charge in [0.05, 0.1) is 24.3 Å². The molecule has 0 aromatic heterocycles. The van der Waals surface area contributed by atoms with Gasteiger partial charge >= 0.3 is 11.9 Å². The molecule has 7 heteroatoms. The number of hydrogen-bond acceptors (Lipinski definition) is 7. The van der Waals surface area contributed by atoms with Crippen LogP contribution in [0.1, 0.15) is 72.1 Å². The Kier molecular flexibility index (Phi) is 6.26. The molecule has 0 radical (unpaired) electrons. The third-order valence-electron chi connectivity index (χ3n) is 8.13. The number of carbonyl (C=O) groups is 2. The van der Waals surface area contributed by atoms with Gasteiger partial charge in [-0.3, -0.25) is 0 Å². The number of fused-ring (bicyclic) bond motifs is 4. The Morgan fingerprint density at radius 1 is 0.806 bits per heavy atom. The molecule has 4 saturated carbocycles. The summed E-state index contributed by atoms with van der Waals surface area (Å²) in [5.74, 6) is 2.86. The second-order valence-corrected chi connectivity index (χ2v) is 10.7. The standard InChI is InChI=1S/C24H30O6S/c25-23(28-12-20-7-14-1-3-16(20)5-14)18-9-19(11-22(10-18)31-30-27)24(26)29-13-21-8-15-2-4-17(21)6-15/h9-11,14-17,20-21,27H,1-8,12-13H2/p-1. The smallest absolute Gasteiger partial charge is 0.338 e. The van der Waals surface area contributed by atoms with Gasteiger partial charge in [-0.25, -0.2) is 9.59 Å². The van der Waals surface area contributed by atoms with Crippen LogP contribution >= 0.6 is 12.0 Å². The normalized spacial score (nSPS) is 33.1. The fourth-order valence-electron chi connectivity index (χ4n) is 6.62. The van der Waals surface area contributed by atoms with Crippen molar-refractivity contribution in [3.8, 4) is 0 Å². The van der Waals surface area contributed by atoms with E-state index in [4.69, 9.17) is 9.47 Å². The minimum Gasteiger partial charge on any atom is -0.710 e. The molecule has 1 aromatic carbocycles. The van der Waals surface area contributed by atoms with Gasteiger partial charge in [0.1, 0.15) is 0 Å². The maximum atomic E-state index is 12.7. The second-order valence-electron chi connectivity index (χ2n) is 9.96. The van der Waals surface area contributed by atoms with Crippen LogP contribution in [0.25, 0.3) is 0 Å². The van der Waals surface area contributed by atoms with Gasteiger partial charge in [-0.2, -0.15) is 0 Å². The molecule has 0 heterocycles. The average molecular weight is 446 g/mol. The average Bonchev–Trinajstić information content (AvgIpc) is 3.57. The molecule has 4 fully saturated rings. The summed E-state index contributed by atoms with van der Waals surface area (Å²) in [7, 11) is 0. The van der Waals surface area contributed by atoms with E-state index in [-0.39, 0.29) is 11.1 Å². The maximum absolute atomic E-state index is 12.7. The number of carbonyl (C=O) groups excluding carboxylic acids is 2. The van der Waals surface area contributed by atoms with Crippen LogP contribution in [0.4, 0.5) is 0 Å². The monoisotopic (exact) mass is 445 g/mol. The Bertz CT molecular complexity index is 779. The largest absolute Gasteiger partial charge is 0.710 e. The minimum atomic E-state index is -0.474. The topological polar surface area (TPSA) is 84.9 Å². The first kappa shape index (κ1) is 21.3. The number of benzene rings is 1. The zero-order chi connectivity index (χ0) is 21.4. The van der Waals surface area contributed by atoms with E-state index >= 15 is 0 Å². The second kappa shape index (κ2) is 9.12. The lowest BCUT2D eigenvalue weighted by Gasteiger charge is -2.21. The molecule has 4 aliphatic carbocycles. The highest BCUT2D eigenvalue weighted by Crippen LogP contribution is 2.49. The molecule has 31 heavy (non-hydrogen) atoms. The van der Waals surface area contributed by atoms with Crippen molar-refractivity contribution >= 4 is 24.0 Å². The number of ether oxygens (including phenoxy) is 2. The summed E-state index contributed by atoms with van der Waals surface area (Å²) < 4.78 is 15.1. The molecule has 1 aromatic rings. The Morgan fingerprint density at radius 2 is 1.32 bits per heavy atom. The molecule has 0 spiro atoms. The summed E-state index contributed by atoms with van der Waals surface area (Å²) in [6.07, 6.45) is 9.87. The van der Waals surface area contributed by atoms with Crippen LogP contribution in [0.15, 0.2) is 23.1 Å². The van der Waals surface area contributed by atoms with Crippen LogP contribution < -0.4 is 5.26 Å². The molecule has 5 rings (SSSR count). The molecular formula is C24H29O6S-. The van der Waals surface area contributed by atoms with Gasteiger partial charge in [0.15, 0.2) is 0 Å². The van der Waals surface area contributed by atoms with Crippen LogP contribution in [0.2, 0.25) is 0 Å². The summed E-state index contributed by atoms with van der Waals surface area (Å²) in [6, 6.07) is 4.55. The first-order valence-corrected chi connectivity index (χ1v) is 12.3. The van der Waals surface area contributed by atoms with Crippen LogP contribution in [0, 0.1) is 35.5 Å². The van der Waals surface area contributed by atoms with E-state index in [0.717, 1.165) is 24.7 Å². The molecule has 6 nitrogen and oxygen atoms in total. The van der Waals surface area contributed by atoms with Gasteiger partial charge in [0.25, 0.3) is 0 Å². The van der Waals surface area contributed by atoms with Crippen molar-refractivity contribution in [1.82, 2.24) is 0 Å². The molecule has 6 atom stereocenters. The van der Waals surface area contributed by atoms with E-state index in [0.29, 0.717) is 53.8 Å². The van der Waals surface area contributed by atoms with Gasteiger partial charge in [-0.1, -0.05) is 12.8 Å². The zero-order valence-corrected chi connectivity index (χ0v) is 18.4. The summed E-state index contributed by atoms with van der Waals surface area (Å²) in [5.41, 5.74) is 0.495. The van der Waals surface area contributed by atoms with Crippen molar-refractivity contribution in [1.29, 1.82) is 0 Å². The van der Waals surface area contributed by atoms with E-state index in [1.54, 1.807) is 0 Å². The SMILES string of the molecule is O=C(OCC1CC2CCC1C2)c1cc(SO[O-])cc(C(=O)OCC2CC3CCC2C3)c1. The van der Waals surface area contributed by atoms with E-state index in [1.165, 1.54) is 56.7 Å². The molecule has 4 aliphatic rings. The van der Waals surface area contributed by atoms with Crippen LogP contribution in [-0.2, 0) is 13.8 Å². The summed E-state index contributed by atoms with van der Waals surface area (Å²) in [4.78, 5) is 25.8. The van der Waals surface area contributed by atoms with Crippen LogP contribution in [-0.4, -0.2) is 25.2 Å². The Labute approximate surface area is 187 Å². The van der Waals surface area contributed by atoms with Crippen LogP contribution in [0.3, 0.4) is 0 Å². The van der Waals surface area contributed by atoms with Gasteiger partial charge in [-0.15, -0.1) is 0 Å². The Balaban J connectivity index is 1.22. The van der Waals surface area contributed by atoms with Gasteiger partial charge in [0.2, 0.25) is 0 Å². The van der Waals surface area contributed by atoms with Crippen molar-refractivity contribution in [2.24, 2.45) is 35.5 Å². The van der Waals surface area contributed by atoms with E-state index in [1.807, 2.05) is 0 Å². The fraction of sp³-hybridized carbons (Fsp3) is 0.667. The van der Waals surface area contributed by atoms with E-state index in [9.17, 15) is 14.8 Å². The Morgan fingerprint density at radius 3 is 1.71 bits per heavy atom. The van der Waals surface area contributed by atoms with Gasteiger partial charge in [-0.05, 0) is 92.2 Å². The fourth-order valence-corrected chi connectivity index (χ4v) is 7.04. The number of hydrogen-bond donors (Lipinski definition) is 0. The van der Waals surface area contributed by atoms with Crippen molar-refractivity contribution in [2.45, 2.75) is 56.3 Å². The molecule has 168 valence electrons. The highest BCUT2D eigenvalue weighted by atomic mass is 32.2. The molecule has 6 unspecified atom stereocenters. The number of rotatable bonds is 8. The lowest BCUT2D eigenvalue weighted by Crippen LogP contribution is -2.20. The molecule has 0 N–H and O–H groups in total. The van der Waals surface area contributed by atoms with Crippen molar-refractivity contribution in [3.63, 3.8) is 0 Å². The first-order chi connectivity index (χ1) is 15.1. The van der Waals surface area contributed by atoms with Crippen molar-refractivity contribution < 1.29 is 28.7 Å². The molecule has 0 saturated heterocycles. The highest BCUT2D eigenvalue weighted by molar-refractivity contribution is 7.94. The molecule has 0 amide bonds. The van der Waals surface area contributed by atoms with E-state index in [2.05, 4.69) is 4.33 Å². The lowest BCUT2D eigenvalue weighted by molar-refractivity contribution is -0.630. The predicted octanol–water partition coefficient (Wildman–Crippen LogP) is 4.17. The van der Waals surface area contributed by atoms with Crippen LogP contribution in [0.5, 0.6) is 0 Å². The van der Waals surface area contributed by atoms with Crippen molar-refractivity contribution in [3.05, 3.63) is 29.3 Å². The summed E-state index contributed by atoms with van der Waals surface area (Å²) >= 11 is 0.574. The van der Waals surface area contributed by atoms with Gasteiger partial charge in [0, 0.05) is 16.9 Å². The molecule has 0 aliphatic heterocycles. The van der Waals surface area contributed by atoms with Gasteiger partial charge < -0.3 is 19.1 Å². The lowest BCUT2D eigenvalue weighted by atomic mass is 9.89. The van der Waals surface area contributed by atoms with E-state index < -0.39 is 11.9 Å². The quantitative estimate of drug-likeness (QED) is 0.257. The first-order valence-electron chi connectivity index (χ1n) is 11.5. The summed E-state index contributed by atoms with van der Waals surface area (Å²) in [6.45, 7) is 0.832. The predicted molar refractivity (Wildman–Crippen MR) is 112 cm³/mol. The maximum Gasteiger partial charge on any atom is 0.338 e. The highest BCUT2D eigenvalue weighted by Gasteiger charge is 2.41. The third kappa shape index (κ3) is 4.64. The number of esters is 2.